The lowest BCUT2D eigenvalue weighted by atomic mass is 10.2. The molecule has 2 atom stereocenters. The molecule has 15 heavy (non-hydrogen) atoms. The van der Waals surface area contributed by atoms with Crippen LogP contribution in [0.2, 0.25) is 0 Å². The Labute approximate surface area is 90.2 Å². The molecule has 88 valence electrons. The van der Waals surface area contributed by atoms with Crippen LogP contribution in [0.15, 0.2) is 0 Å². The number of hydrogen-bond acceptors (Lipinski definition) is 3. The Hall–Kier alpha value is -1.10. The smallest absolute Gasteiger partial charge is 0.304 e. The van der Waals surface area contributed by atoms with Gasteiger partial charge in [0, 0.05) is 12.6 Å². The number of aliphatic carboxylic acids is 1. The molecular weight excluding hydrogens is 196 g/mol. The lowest BCUT2D eigenvalue weighted by Crippen LogP contribution is -2.46. The molecule has 0 aliphatic heterocycles. The Morgan fingerprint density at radius 2 is 1.93 bits per heavy atom. The van der Waals surface area contributed by atoms with E-state index in [1.54, 1.807) is 13.8 Å². The second kappa shape index (κ2) is 7.23. The van der Waals surface area contributed by atoms with Crippen molar-refractivity contribution in [3.05, 3.63) is 0 Å². The number of carboxylic acids is 1. The molecule has 0 aromatic rings. The minimum Gasteiger partial charge on any atom is -0.481 e. The van der Waals surface area contributed by atoms with Crippen molar-refractivity contribution in [2.24, 2.45) is 0 Å². The van der Waals surface area contributed by atoms with E-state index < -0.39 is 5.97 Å². The third kappa shape index (κ3) is 6.90. The second-order valence-electron chi connectivity index (χ2n) is 3.68. The molecule has 0 rings (SSSR count). The second-order valence-corrected chi connectivity index (χ2v) is 3.68. The summed E-state index contributed by atoms with van der Waals surface area (Å²) in [6.45, 7) is 6.10. The van der Waals surface area contributed by atoms with Crippen molar-refractivity contribution >= 4 is 11.9 Å². The molecule has 0 aliphatic carbocycles. The average molecular weight is 216 g/mol. The van der Waals surface area contributed by atoms with Crippen molar-refractivity contribution in [1.29, 1.82) is 0 Å². The van der Waals surface area contributed by atoms with Crippen LogP contribution < -0.4 is 10.6 Å². The minimum absolute atomic E-state index is 0.0192. The first-order valence-corrected chi connectivity index (χ1v) is 5.23. The van der Waals surface area contributed by atoms with E-state index in [4.69, 9.17) is 5.11 Å². The van der Waals surface area contributed by atoms with Gasteiger partial charge in [0.05, 0.1) is 12.5 Å². The van der Waals surface area contributed by atoms with Crippen LogP contribution in [0, 0.1) is 0 Å². The van der Waals surface area contributed by atoms with Crippen LogP contribution in [0.1, 0.15) is 33.6 Å². The number of amides is 1. The Balaban J connectivity index is 3.84. The molecule has 0 aromatic carbocycles. The van der Waals surface area contributed by atoms with Gasteiger partial charge in [-0.15, -0.1) is 0 Å². The van der Waals surface area contributed by atoms with Crippen molar-refractivity contribution < 1.29 is 14.7 Å². The SMILES string of the molecule is CCCNC(=O)C(C)NC(C)CC(=O)O. The lowest BCUT2D eigenvalue weighted by Gasteiger charge is -2.18. The maximum Gasteiger partial charge on any atom is 0.304 e. The van der Waals surface area contributed by atoms with E-state index >= 15 is 0 Å². The standard InChI is InChI=1S/C10H20N2O3/c1-4-5-11-10(15)8(3)12-7(2)6-9(13)14/h7-8,12H,4-6H2,1-3H3,(H,11,15)(H,13,14). The summed E-state index contributed by atoms with van der Waals surface area (Å²) in [4.78, 5) is 21.8. The molecule has 0 bridgehead atoms. The van der Waals surface area contributed by atoms with E-state index in [1.807, 2.05) is 6.92 Å². The molecule has 0 saturated carbocycles. The molecule has 0 fully saturated rings. The van der Waals surface area contributed by atoms with Gasteiger partial charge < -0.3 is 15.7 Å². The van der Waals surface area contributed by atoms with Crippen molar-refractivity contribution in [3.63, 3.8) is 0 Å². The lowest BCUT2D eigenvalue weighted by molar-refractivity contribution is -0.137. The van der Waals surface area contributed by atoms with Gasteiger partial charge in [0.25, 0.3) is 0 Å². The molecular formula is C10H20N2O3. The van der Waals surface area contributed by atoms with Gasteiger partial charge >= 0.3 is 5.97 Å². The highest BCUT2D eigenvalue weighted by Gasteiger charge is 2.15. The van der Waals surface area contributed by atoms with Gasteiger partial charge in [0.2, 0.25) is 5.91 Å². The fraction of sp³-hybridized carbons (Fsp3) is 0.800. The van der Waals surface area contributed by atoms with Crippen molar-refractivity contribution in [3.8, 4) is 0 Å². The molecule has 1 amide bonds. The summed E-state index contributed by atoms with van der Waals surface area (Å²) >= 11 is 0. The van der Waals surface area contributed by atoms with Gasteiger partial charge in [-0.2, -0.15) is 0 Å². The van der Waals surface area contributed by atoms with E-state index in [1.165, 1.54) is 0 Å². The van der Waals surface area contributed by atoms with E-state index in [9.17, 15) is 9.59 Å². The summed E-state index contributed by atoms with van der Waals surface area (Å²) in [7, 11) is 0. The third-order valence-corrected chi connectivity index (χ3v) is 1.96. The van der Waals surface area contributed by atoms with Gasteiger partial charge in [-0.25, -0.2) is 0 Å². The monoisotopic (exact) mass is 216 g/mol. The molecule has 5 heteroatoms. The van der Waals surface area contributed by atoms with Crippen LogP contribution >= 0.6 is 0 Å². The summed E-state index contributed by atoms with van der Waals surface area (Å²) in [5.74, 6) is -0.953. The van der Waals surface area contributed by atoms with Crippen molar-refractivity contribution in [1.82, 2.24) is 10.6 Å². The normalized spacial score (nSPS) is 14.3. The van der Waals surface area contributed by atoms with E-state index in [0.717, 1.165) is 6.42 Å². The summed E-state index contributed by atoms with van der Waals surface area (Å²) in [5, 5.41) is 14.2. The first-order valence-electron chi connectivity index (χ1n) is 5.23. The van der Waals surface area contributed by atoms with Gasteiger partial charge in [-0.1, -0.05) is 6.92 Å². The quantitative estimate of drug-likeness (QED) is 0.574. The zero-order chi connectivity index (χ0) is 11.8. The molecule has 0 radical (unpaired) electrons. The third-order valence-electron chi connectivity index (χ3n) is 1.96. The Morgan fingerprint density at radius 3 is 2.40 bits per heavy atom. The highest BCUT2D eigenvalue weighted by atomic mass is 16.4. The molecule has 3 N–H and O–H groups in total. The fourth-order valence-corrected chi connectivity index (χ4v) is 1.22. The number of carboxylic acid groups (broad SMARTS) is 1. The zero-order valence-electron chi connectivity index (χ0n) is 9.54. The van der Waals surface area contributed by atoms with Crippen LogP contribution in [-0.4, -0.2) is 35.6 Å². The van der Waals surface area contributed by atoms with Crippen LogP contribution in [0.5, 0.6) is 0 Å². The van der Waals surface area contributed by atoms with Crippen molar-refractivity contribution in [2.75, 3.05) is 6.54 Å². The molecule has 0 spiro atoms. The van der Waals surface area contributed by atoms with Crippen LogP contribution in [0.3, 0.4) is 0 Å². The van der Waals surface area contributed by atoms with Gasteiger partial charge in [-0.05, 0) is 20.3 Å². The van der Waals surface area contributed by atoms with Gasteiger partial charge in [-0.3, -0.25) is 9.59 Å². The number of nitrogens with one attached hydrogen (secondary N) is 2. The molecule has 0 saturated heterocycles. The van der Waals surface area contributed by atoms with E-state index in [2.05, 4.69) is 10.6 Å². The molecule has 5 nitrogen and oxygen atoms in total. The number of carbonyl (C=O) groups is 2. The zero-order valence-corrected chi connectivity index (χ0v) is 9.54. The van der Waals surface area contributed by atoms with Crippen LogP contribution in [-0.2, 0) is 9.59 Å². The predicted octanol–water partition coefficient (Wildman–Crippen LogP) is 0.354. The molecule has 2 unspecified atom stereocenters. The summed E-state index contributed by atoms with van der Waals surface area (Å²) in [6.07, 6.45) is 0.911. The first-order chi connectivity index (χ1) is 6.97. The number of carbonyl (C=O) groups excluding carboxylic acids is 1. The first kappa shape index (κ1) is 13.9. The highest BCUT2D eigenvalue weighted by molar-refractivity contribution is 5.81. The highest BCUT2D eigenvalue weighted by Crippen LogP contribution is 1.93. The molecule has 0 heterocycles. The summed E-state index contributed by atoms with van der Waals surface area (Å²) < 4.78 is 0. The van der Waals surface area contributed by atoms with Crippen LogP contribution in [0.25, 0.3) is 0 Å². The van der Waals surface area contributed by atoms with Gasteiger partial charge in [0.15, 0.2) is 0 Å². The van der Waals surface area contributed by atoms with Crippen LogP contribution in [0.4, 0.5) is 0 Å². The number of rotatable bonds is 7. The topological polar surface area (TPSA) is 78.4 Å². The van der Waals surface area contributed by atoms with Gasteiger partial charge in [0.1, 0.15) is 0 Å². The maximum atomic E-state index is 11.4. The molecule has 0 aromatic heterocycles. The fourth-order valence-electron chi connectivity index (χ4n) is 1.22. The summed E-state index contributed by atoms with van der Waals surface area (Å²) in [6, 6.07) is -0.559. The summed E-state index contributed by atoms with van der Waals surface area (Å²) in [5.41, 5.74) is 0. The Bertz CT molecular complexity index is 219. The maximum absolute atomic E-state index is 11.4. The average Bonchev–Trinajstić information content (AvgIpc) is 2.12. The van der Waals surface area contributed by atoms with E-state index in [-0.39, 0.29) is 24.4 Å². The van der Waals surface area contributed by atoms with E-state index in [0.29, 0.717) is 6.54 Å². The predicted molar refractivity (Wildman–Crippen MR) is 57.6 cm³/mol. The Morgan fingerprint density at radius 1 is 1.33 bits per heavy atom. The largest absolute Gasteiger partial charge is 0.481 e. The molecule has 0 aliphatic rings. The number of hydrogen-bond donors (Lipinski definition) is 3. The van der Waals surface area contributed by atoms with Crippen molar-refractivity contribution in [2.45, 2.75) is 45.7 Å². The minimum atomic E-state index is -0.865. The Kier molecular flexibility index (Phi) is 6.70.